The Balaban J connectivity index is 2.22. The van der Waals surface area contributed by atoms with E-state index < -0.39 is 24.8 Å². The smallest absolute Gasteiger partial charge is 0.307 e. The van der Waals surface area contributed by atoms with Crippen molar-refractivity contribution in [2.24, 2.45) is 0 Å². The molecule has 4 rings (SSSR count). The average Bonchev–Trinajstić information content (AvgIpc) is 2.65. The van der Waals surface area contributed by atoms with Gasteiger partial charge in [-0.1, -0.05) is 0 Å². The molecule has 0 saturated heterocycles. The zero-order valence-electron chi connectivity index (χ0n) is 15.4. The van der Waals surface area contributed by atoms with Crippen molar-refractivity contribution in [3.63, 3.8) is 0 Å². The van der Waals surface area contributed by atoms with Crippen LogP contribution in [0, 0.1) is 0 Å². The van der Waals surface area contributed by atoms with Crippen molar-refractivity contribution in [2.75, 3.05) is 0 Å². The van der Waals surface area contributed by atoms with Crippen LogP contribution in [0.15, 0.2) is 36.4 Å². The lowest BCUT2D eigenvalue weighted by atomic mass is 9.90. The molecule has 0 aliphatic heterocycles. The second-order valence-corrected chi connectivity index (χ2v) is 7.08. The van der Waals surface area contributed by atoms with E-state index in [-0.39, 0.29) is 34.1 Å². The molecule has 6 N–H and O–H groups in total. The Labute approximate surface area is 168 Å². The predicted octanol–water partition coefficient (Wildman–Crippen LogP) is 3.22. The number of phenols is 4. The molecule has 0 atom stereocenters. The Hall–Kier alpha value is -4.20. The molecule has 0 unspecified atom stereocenters. The minimum atomic E-state index is -1.14. The quantitative estimate of drug-likeness (QED) is 0.222. The molecule has 4 aromatic carbocycles. The Morgan fingerprint density at radius 1 is 0.500 bits per heavy atom. The standard InChI is InChI=1S/C22H16O8/c23-17-5-13-11-1-9(3-21(27)28)18(24)6-14(11)16-8-20(26)19(25)7-15(16)12(13)2-10(17)4-22(29)30/h1-2,5-8,23-26H,3-4H2,(H,27,28)(H,29,30). The van der Waals surface area contributed by atoms with E-state index in [0.717, 1.165) is 0 Å². The Kier molecular flexibility index (Phi) is 4.27. The van der Waals surface area contributed by atoms with Crippen LogP contribution in [0.4, 0.5) is 0 Å². The fourth-order valence-corrected chi connectivity index (χ4v) is 3.79. The van der Waals surface area contributed by atoms with Gasteiger partial charge in [0.25, 0.3) is 0 Å². The first-order chi connectivity index (χ1) is 14.2. The molecule has 0 spiro atoms. The second-order valence-electron chi connectivity index (χ2n) is 7.08. The third-order valence-corrected chi connectivity index (χ3v) is 5.11. The summed E-state index contributed by atoms with van der Waals surface area (Å²) in [7, 11) is 0. The highest BCUT2D eigenvalue weighted by Gasteiger charge is 2.18. The summed E-state index contributed by atoms with van der Waals surface area (Å²) in [5.74, 6) is -3.54. The van der Waals surface area contributed by atoms with Crippen molar-refractivity contribution in [1.29, 1.82) is 0 Å². The molecular weight excluding hydrogens is 392 g/mol. The van der Waals surface area contributed by atoms with Crippen LogP contribution in [0.1, 0.15) is 11.1 Å². The average molecular weight is 408 g/mol. The lowest BCUT2D eigenvalue weighted by Gasteiger charge is -2.15. The van der Waals surface area contributed by atoms with Crippen LogP contribution in [-0.2, 0) is 22.4 Å². The van der Waals surface area contributed by atoms with Crippen LogP contribution in [0.3, 0.4) is 0 Å². The van der Waals surface area contributed by atoms with Crippen molar-refractivity contribution in [1.82, 2.24) is 0 Å². The van der Waals surface area contributed by atoms with Crippen molar-refractivity contribution < 1.29 is 40.2 Å². The lowest BCUT2D eigenvalue weighted by Crippen LogP contribution is -2.01. The minimum Gasteiger partial charge on any atom is -0.508 e. The number of carboxylic acids is 2. The Bertz CT molecular complexity index is 1340. The van der Waals surface area contributed by atoms with Gasteiger partial charge in [-0.3, -0.25) is 9.59 Å². The maximum absolute atomic E-state index is 11.1. The highest BCUT2D eigenvalue weighted by molar-refractivity contribution is 6.26. The van der Waals surface area contributed by atoms with E-state index in [1.165, 1.54) is 36.4 Å². The summed E-state index contributed by atoms with van der Waals surface area (Å²) in [5.41, 5.74) is 0.320. The summed E-state index contributed by atoms with van der Waals surface area (Å²) >= 11 is 0. The number of phenolic OH excluding ortho intramolecular Hbond substituents is 4. The van der Waals surface area contributed by atoms with Crippen LogP contribution < -0.4 is 0 Å². The normalized spacial score (nSPS) is 11.3. The summed E-state index contributed by atoms with van der Waals surface area (Å²) in [6.07, 6.45) is -0.851. The topological polar surface area (TPSA) is 156 Å². The van der Waals surface area contributed by atoms with E-state index in [1.807, 2.05) is 0 Å². The van der Waals surface area contributed by atoms with Gasteiger partial charge in [-0.2, -0.15) is 0 Å². The lowest BCUT2D eigenvalue weighted by molar-refractivity contribution is -0.137. The first kappa shape index (κ1) is 19.1. The third kappa shape index (κ3) is 3.04. The van der Waals surface area contributed by atoms with E-state index in [0.29, 0.717) is 32.3 Å². The number of hydrogen-bond donors (Lipinski definition) is 6. The van der Waals surface area contributed by atoms with E-state index in [9.17, 15) is 30.0 Å². The number of aromatic hydroxyl groups is 4. The van der Waals surface area contributed by atoms with E-state index in [4.69, 9.17) is 10.2 Å². The van der Waals surface area contributed by atoms with Gasteiger partial charge in [-0.25, -0.2) is 0 Å². The summed E-state index contributed by atoms with van der Waals surface area (Å²) in [6, 6.07) is 8.35. The van der Waals surface area contributed by atoms with Gasteiger partial charge >= 0.3 is 11.9 Å². The number of aliphatic carboxylic acids is 2. The largest absolute Gasteiger partial charge is 0.508 e. The van der Waals surface area contributed by atoms with Crippen molar-refractivity contribution in [3.8, 4) is 23.0 Å². The fraction of sp³-hybridized carbons (Fsp3) is 0.0909. The number of rotatable bonds is 4. The van der Waals surface area contributed by atoms with E-state index in [1.54, 1.807) is 0 Å². The van der Waals surface area contributed by atoms with Crippen molar-refractivity contribution in [2.45, 2.75) is 12.8 Å². The molecule has 0 aromatic heterocycles. The van der Waals surface area contributed by atoms with Crippen LogP contribution in [0.25, 0.3) is 32.3 Å². The van der Waals surface area contributed by atoms with Crippen molar-refractivity contribution in [3.05, 3.63) is 47.5 Å². The van der Waals surface area contributed by atoms with Gasteiger partial charge in [0.15, 0.2) is 11.5 Å². The number of fused-ring (bicyclic) bond motifs is 6. The van der Waals surface area contributed by atoms with Gasteiger partial charge in [-0.15, -0.1) is 0 Å². The predicted molar refractivity (Wildman–Crippen MR) is 108 cm³/mol. The van der Waals surface area contributed by atoms with Gasteiger partial charge in [0.05, 0.1) is 12.8 Å². The van der Waals surface area contributed by atoms with Crippen LogP contribution in [-0.4, -0.2) is 42.6 Å². The first-order valence-corrected chi connectivity index (χ1v) is 8.88. The van der Waals surface area contributed by atoms with E-state index >= 15 is 0 Å². The summed E-state index contributed by atoms with van der Waals surface area (Å²) in [5, 5.41) is 61.8. The molecule has 30 heavy (non-hydrogen) atoms. The SMILES string of the molecule is O=C(O)Cc1cc2c3cc(O)c(O)cc3c3cc(O)c(CC(=O)O)cc3c2cc1O. The summed E-state index contributed by atoms with van der Waals surface area (Å²) < 4.78 is 0. The number of carbonyl (C=O) groups is 2. The minimum absolute atomic E-state index is 0.160. The maximum atomic E-state index is 11.1. The summed E-state index contributed by atoms with van der Waals surface area (Å²) in [4.78, 5) is 22.3. The number of carboxylic acid groups (broad SMARTS) is 2. The number of benzene rings is 4. The van der Waals surface area contributed by atoms with Crippen LogP contribution >= 0.6 is 0 Å². The highest BCUT2D eigenvalue weighted by Crippen LogP contribution is 2.43. The molecular formula is C22H16O8. The molecule has 8 heteroatoms. The molecule has 0 heterocycles. The first-order valence-electron chi connectivity index (χ1n) is 8.88. The molecule has 0 bridgehead atoms. The molecule has 0 aliphatic carbocycles. The molecule has 0 radical (unpaired) electrons. The zero-order valence-corrected chi connectivity index (χ0v) is 15.4. The third-order valence-electron chi connectivity index (χ3n) is 5.11. The molecule has 0 saturated carbocycles. The highest BCUT2D eigenvalue weighted by atomic mass is 16.4. The van der Waals surface area contributed by atoms with Crippen LogP contribution in [0.2, 0.25) is 0 Å². The fourth-order valence-electron chi connectivity index (χ4n) is 3.79. The van der Waals surface area contributed by atoms with Crippen molar-refractivity contribution >= 4 is 44.3 Å². The van der Waals surface area contributed by atoms with Crippen LogP contribution in [0.5, 0.6) is 23.0 Å². The Morgan fingerprint density at radius 2 is 0.767 bits per heavy atom. The van der Waals surface area contributed by atoms with Gasteiger partial charge in [0.1, 0.15) is 11.5 Å². The maximum Gasteiger partial charge on any atom is 0.307 e. The number of hydrogen-bond acceptors (Lipinski definition) is 6. The van der Waals surface area contributed by atoms with E-state index in [2.05, 4.69) is 0 Å². The Morgan fingerprint density at radius 3 is 1.07 bits per heavy atom. The monoisotopic (exact) mass is 408 g/mol. The molecule has 152 valence electrons. The molecule has 0 amide bonds. The summed E-state index contributed by atoms with van der Waals surface area (Å²) in [6.45, 7) is 0. The molecule has 0 aliphatic rings. The second kappa shape index (κ2) is 6.70. The zero-order chi connectivity index (χ0) is 21.7. The van der Waals surface area contributed by atoms with Gasteiger partial charge < -0.3 is 30.6 Å². The van der Waals surface area contributed by atoms with Gasteiger partial charge in [0, 0.05) is 11.1 Å². The molecule has 4 aromatic rings. The van der Waals surface area contributed by atoms with Gasteiger partial charge in [0.2, 0.25) is 0 Å². The van der Waals surface area contributed by atoms with Gasteiger partial charge in [-0.05, 0) is 68.7 Å². The molecule has 0 fully saturated rings. The molecule has 8 nitrogen and oxygen atoms in total.